The molecule has 1 saturated heterocycles. The standard InChI is InChI=1S/C26H31N9/c1-17(2)35-16-20(13-29-35)18(3)30-25-11-23-19(12-28-25)5-6-22(32-23)24-14-27-15-26(33-24)31-21-7-9-34(4)10-8-21/h5-6,11-17,21H,3,7-10H2,1-2,4H3,(H,28,30)(H,31,33). The van der Waals surface area contributed by atoms with E-state index in [1.54, 1.807) is 18.6 Å². The third-order valence-electron chi connectivity index (χ3n) is 6.30. The number of hydrogen-bond acceptors (Lipinski definition) is 8. The molecular weight excluding hydrogens is 438 g/mol. The number of aromatic nitrogens is 6. The molecule has 0 atom stereocenters. The fourth-order valence-corrected chi connectivity index (χ4v) is 4.15. The van der Waals surface area contributed by atoms with Crippen molar-refractivity contribution in [3.05, 3.63) is 61.3 Å². The van der Waals surface area contributed by atoms with Crippen molar-refractivity contribution in [2.45, 2.75) is 38.8 Å². The fourth-order valence-electron chi connectivity index (χ4n) is 4.15. The molecule has 0 amide bonds. The summed E-state index contributed by atoms with van der Waals surface area (Å²) in [5.41, 5.74) is 3.99. The summed E-state index contributed by atoms with van der Waals surface area (Å²) in [6, 6.07) is 6.60. The number of hydrogen-bond donors (Lipinski definition) is 2. The monoisotopic (exact) mass is 469 g/mol. The maximum absolute atomic E-state index is 4.85. The van der Waals surface area contributed by atoms with Crippen LogP contribution in [-0.2, 0) is 0 Å². The summed E-state index contributed by atoms with van der Waals surface area (Å²) in [6.45, 7) is 10.5. The molecule has 1 aliphatic heterocycles. The Kier molecular flexibility index (Phi) is 6.41. The molecule has 0 radical (unpaired) electrons. The number of fused-ring (bicyclic) bond motifs is 1. The number of pyridine rings is 2. The van der Waals surface area contributed by atoms with Crippen molar-refractivity contribution >= 4 is 28.2 Å². The van der Waals surface area contributed by atoms with Crippen LogP contribution in [0.3, 0.4) is 0 Å². The van der Waals surface area contributed by atoms with E-state index in [0.29, 0.717) is 17.9 Å². The minimum Gasteiger partial charge on any atom is -0.366 e. The lowest BCUT2D eigenvalue weighted by Crippen LogP contribution is -2.36. The first-order valence-electron chi connectivity index (χ1n) is 12.0. The van der Waals surface area contributed by atoms with Gasteiger partial charge in [-0.1, -0.05) is 6.58 Å². The predicted molar refractivity (Wildman–Crippen MR) is 140 cm³/mol. The van der Waals surface area contributed by atoms with Gasteiger partial charge in [0.25, 0.3) is 0 Å². The van der Waals surface area contributed by atoms with Crippen LogP contribution in [0, 0.1) is 0 Å². The van der Waals surface area contributed by atoms with E-state index in [4.69, 9.17) is 9.97 Å². The maximum atomic E-state index is 4.85. The lowest BCUT2D eigenvalue weighted by atomic mass is 10.1. The van der Waals surface area contributed by atoms with E-state index in [-0.39, 0.29) is 0 Å². The van der Waals surface area contributed by atoms with Crippen LogP contribution in [0.2, 0.25) is 0 Å². The van der Waals surface area contributed by atoms with Gasteiger partial charge in [-0.05, 0) is 59.0 Å². The summed E-state index contributed by atoms with van der Waals surface area (Å²) in [4.78, 5) is 20.9. The van der Waals surface area contributed by atoms with Crippen LogP contribution in [0.5, 0.6) is 0 Å². The van der Waals surface area contributed by atoms with Crippen molar-refractivity contribution in [2.24, 2.45) is 0 Å². The topological polar surface area (TPSA) is 96.7 Å². The van der Waals surface area contributed by atoms with Crippen LogP contribution in [0.15, 0.2) is 55.8 Å². The van der Waals surface area contributed by atoms with Gasteiger partial charge in [0.05, 0.1) is 29.8 Å². The molecule has 0 aromatic carbocycles. The lowest BCUT2D eigenvalue weighted by Gasteiger charge is -2.29. The first-order chi connectivity index (χ1) is 16.9. The molecule has 0 aliphatic carbocycles. The number of likely N-dealkylation sites (tertiary alicyclic amines) is 1. The molecule has 5 heterocycles. The van der Waals surface area contributed by atoms with Crippen LogP contribution >= 0.6 is 0 Å². The van der Waals surface area contributed by atoms with Gasteiger partial charge < -0.3 is 15.5 Å². The van der Waals surface area contributed by atoms with Crippen molar-refractivity contribution in [1.82, 2.24) is 34.6 Å². The summed E-state index contributed by atoms with van der Waals surface area (Å²) in [6.07, 6.45) is 11.3. The van der Waals surface area contributed by atoms with Gasteiger partial charge in [0, 0.05) is 47.2 Å². The minimum atomic E-state index is 0.291. The van der Waals surface area contributed by atoms with Gasteiger partial charge in [-0.25, -0.2) is 15.0 Å². The van der Waals surface area contributed by atoms with E-state index in [0.717, 1.165) is 65.3 Å². The van der Waals surface area contributed by atoms with Crippen molar-refractivity contribution in [3.63, 3.8) is 0 Å². The van der Waals surface area contributed by atoms with E-state index in [2.05, 4.69) is 58.1 Å². The molecule has 0 unspecified atom stereocenters. The second-order valence-corrected chi connectivity index (χ2v) is 9.38. The highest BCUT2D eigenvalue weighted by Crippen LogP contribution is 2.24. The molecule has 4 aromatic rings. The first-order valence-corrected chi connectivity index (χ1v) is 12.0. The molecule has 9 heteroatoms. The van der Waals surface area contributed by atoms with E-state index in [1.807, 2.05) is 35.3 Å². The van der Waals surface area contributed by atoms with E-state index >= 15 is 0 Å². The van der Waals surface area contributed by atoms with Gasteiger partial charge in [0.1, 0.15) is 17.3 Å². The van der Waals surface area contributed by atoms with Crippen molar-refractivity contribution in [3.8, 4) is 11.4 Å². The summed E-state index contributed by atoms with van der Waals surface area (Å²) in [7, 11) is 2.16. The molecule has 1 aliphatic rings. The number of nitrogens with one attached hydrogen (secondary N) is 2. The molecule has 35 heavy (non-hydrogen) atoms. The zero-order valence-electron chi connectivity index (χ0n) is 20.4. The second-order valence-electron chi connectivity index (χ2n) is 9.38. The number of nitrogens with zero attached hydrogens (tertiary/aromatic N) is 7. The highest BCUT2D eigenvalue weighted by molar-refractivity contribution is 5.84. The maximum Gasteiger partial charge on any atom is 0.145 e. The minimum absolute atomic E-state index is 0.291. The lowest BCUT2D eigenvalue weighted by molar-refractivity contribution is 0.263. The van der Waals surface area contributed by atoms with Crippen molar-refractivity contribution in [2.75, 3.05) is 30.8 Å². The predicted octanol–water partition coefficient (Wildman–Crippen LogP) is 4.45. The van der Waals surface area contributed by atoms with Gasteiger partial charge in [-0.2, -0.15) is 5.10 Å². The van der Waals surface area contributed by atoms with E-state index < -0.39 is 0 Å². The average Bonchev–Trinajstić information content (AvgIpc) is 3.36. The van der Waals surface area contributed by atoms with Crippen LogP contribution < -0.4 is 10.6 Å². The fraction of sp³-hybridized carbons (Fsp3) is 0.346. The molecule has 2 N–H and O–H groups in total. The normalized spacial score (nSPS) is 15.0. The largest absolute Gasteiger partial charge is 0.366 e. The molecule has 0 saturated carbocycles. The Morgan fingerprint density at radius 1 is 1.03 bits per heavy atom. The van der Waals surface area contributed by atoms with Crippen LogP contribution in [0.1, 0.15) is 38.3 Å². The van der Waals surface area contributed by atoms with Crippen molar-refractivity contribution in [1.29, 1.82) is 0 Å². The molecule has 1 fully saturated rings. The zero-order chi connectivity index (χ0) is 24.4. The molecular formula is C26H31N9. The molecule has 0 spiro atoms. The Hall–Kier alpha value is -3.85. The summed E-state index contributed by atoms with van der Waals surface area (Å²) in [5, 5.41) is 12.2. The Morgan fingerprint density at radius 3 is 2.63 bits per heavy atom. The molecule has 5 rings (SSSR count). The smallest absolute Gasteiger partial charge is 0.145 e. The third-order valence-corrected chi connectivity index (χ3v) is 6.30. The third kappa shape index (κ3) is 5.30. The first kappa shape index (κ1) is 22.9. The molecule has 180 valence electrons. The van der Waals surface area contributed by atoms with Gasteiger partial charge in [-0.15, -0.1) is 0 Å². The quantitative estimate of drug-likeness (QED) is 0.410. The highest BCUT2D eigenvalue weighted by Gasteiger charge is 2.17. The Balaban J connectivity index is 1.34. The summed E-state index contributed by atoms with van der Waals surface area (Å²) in [5.74, 6) is 1.46. The Labute approximate surface area is 205 Å². The van der Waals surface area contributed by atoms with Gasteiger partial charge in [-0.3, -0.25) is 9.67 Å². The van der Waals surface area contributed by atoms with Gasteiger partial charge in [0.15, 0.2) is 0 Å². The average molecular weight is 470 g/mol. The number of piperidine rings is 1. The van der Waals surface area contributed by atoms with Gasteiger partial charge in [0.2, 0.25) is 0 Å². The summed E-state index contributed by atoms with van der Waals surface area (Å²) >= 11 is 0. The number of rotatable bonds is 7. The molecule has 4 aromatic heterocycles. The van der Waals surface area contributed by atoms with Gasteiger partial charge >= 0.3 is 0 Å². The molecule has 9 nitrogen and oxygen atoms in total. The van der Waals surface area contributed by atoms with E-state index in [1.165, 1.54) is 0 Å². The van der Waals surface area contributed by atoms with Crippen LogP contribution in [0.25, 0.3) is 28.0 Å². The zero-order valence-corrected chi connectivity index (χ0v) is 20.4. The Bertz CT molecular complexity index is 1340. The summed E-state index contributed by atoms with van der Waals surface area (Å²) < 4.78 is 1.90. The van der Waals surface area contributed by atoms with Crippen LogP contribution in [-0.4, -0.2) is 60.8 Å². The number of anilines is 2. The Morgan fingerprint density at radius 2 is 1.86 bits per heavy atom. The molecule has 0 bridgehead atoms. The SMILES string of the molecule is C=C(Nc1cc2nc(-c3cncc(NC4CCN(C)CC4)n3)ccc2cn1)c1cnn(C(C)C)c1. The highest BCUT2D eigenvalue weighted by atomic mass is 15.3. The van der Waals surface area contributed by atoms with Crippen LogP contribution in [0.4, 0.5) is 11.6 Å². The second kappa shape index (κ2) is 9.79. The van der Waals surface area contributed by atoms with Crippen molar-refractivity contribution < 1.29 is 0 Å². The van der Waals surface area contributed by atoms with E-state index in [9.17, 15) is 0 Å².